The Hall–Kier alpha value is -1.13. The predicted octanol–water partition coefficient (Wildman–Crippen LogP) is 3.89. The fraction of sp³-hybridized carbons (Fsp3) is 0.385. The van der Waals surface area contributed by atoms with Gasteiger partial charge in [-0.25, -0.2) is 0 Å². The Bertz CT molecular complexity index is 614. The molecule has 0 unspecified atom stereocenters. The maximum Gasteiger partial charge on any atom is 0.195 e. The Labute approximate surface area is 116 Å². The monoisotopic (exact) mass is 279 g/mol. The second kappa shape index (κ2) is 4.52. The van der Waals surface area contributed by atoms with Crippen molar-refractivity contribution in [2.24, 2.45) is 0 Å². The minimum absolute atomic E-state index is 0.485. The molecule has 5 heteroatoms. The summed E-state index contributed by atoms with van der Waals surface area (Å²) in [5.74, 6) is 2.12. The zero-order valence-corrected chi connectivity index (χ0v) is 11.6. The van der Waals surface area contributed by atoms with Crippen LogP contribution < -0.4 is 0 Å². The number of rotatable bonds is 3. The van der Waals surface area contributed by atoms with E-state index in [2.05, 4.69) is 33.8 Å². The first-order valence-corrected chi connectivity index (χ1v) is 6.90. The van der Waals surface area contributed by atoms with Crippen LogP contribution in [0, 0.1) is 4.77 Å². The summed E-state index contributed by atoms with van der Waals surface area (Å²) < 4.78 is 2.80. The number of H-pyrrole nitrogens is 1. The standard InChI is InChI=1S/C13H14ClN3S/c1-2-17-12(15-16-13(17)18)11-7-10(11)8-3-5-9(14)6-4-8/h3-6,10-11H,2,7H2,1H3,(H,16,18)/t10-,11+/m1/s1. The van der Waals surface area contributed by atoms with E-state index in [1.807, 2.05) is 12.1 Å². The van der Waals surface area contributed by atoms with Crippen LogP contribution in [0.5, 0.6) is 0 Å². The molecule has 1 fully saturated rings. The van der Waals surface area contributed by atoms with Gasteiger partial charge >= 0.3 is 0 Å². The lowest BCUT2D eigenvalue weighted by molar-refractivity contribution is 0.687. The smallest absolute Gasteiger partial charge is 0.195 e. The highest BCUT2D eigenvalue weighted by molar-refractivity contribution is 7.71. The van der Waals surface area contributed by atoms with Crippen molar-refractivity contribution in [3.63, 3.8) is 0 Å². The van der Waals surface area contributed by atoms with E-state index >= 15 is 0 Å². The van der Waals surface area contributed by atoms with E-state index in [1.54, 1.807) is 0 Å². The average Bonchev–Trinajstić information content (AvgIpc) is 3.07. The second-order valence-corrected chi connectivity index (χ2v) is 5.45. The molecule has 0 spiro atoms. The van der Waals surface area contributed by atoms with Gasteiger partial charge in [-0.3, -0.25) is 5.10 Å². The third-order valence-electron chi connectivity index (χ3n) is 3.52. The van der Waals surface area contributed by atoms with Crippen LogP contribution >= 0.6 is 23.8 Å². The number of aromatic amines is 1. The molecule has 3 rings (SSSR count). The van der Waals surface area contributed by atoms with Crippen molar-refractivity contribution in [2.45, 2.75) is 31.7 Å². The molecule has 3 nitrogen and oxygen atoms in total. The summed E-state index contributed by atoms with van der Waals surface area (Å²) in [7, 11) is 0. The van der Waals surface area contributed by atoms with Crippen LogP contribution in [0.15, 0.2) is 24.3 Å². The number of nitrogens with zero attached hydrogens (tertiary/aromatic N) is 2. The molecule has 0 aliphatic heterocycles. The molecule has 0 saturated heterocycles. The van der Waals surface area contributed by atoms with Crippen molar-refractivity contribution in [3.05, 3.63) is 45.4 Å². The van der Waals surface area contributed by atoms with Gasteiger partial charge in [-0.05, 0) is 49.2 Å². The largest absolute Gasteiger partial charge is 0.304 e. The quantitative estimate of drug-likeness (QED) is 0.865. The first kappa shape index (κ1) is 11.9. The van der Waals surface area contributed by atoms with Gasteiger partial charge in [-0.15, -0.1) is 0 Å². The van der Waals surface area contributed by atoms with Crippen molar-refractivity contribution in [1.29, 1.82) is 0 Å². The predicted molar refractivity (Wildman–Crippen MR) is 74.6 cm³/mol. The van der Waals surface area contributed by atoms with Crippen LogP contribution in [0.3, 0.4) is 0 Å². The zero-order chi connectivity index (χ0) is 12.7. The second-order valence-electron chi connectivity index (χ2n) is 4.63. The van der Waals surface area contributed by atoms with E-state index in [0.717, 1.165) is 23.8 Å². The Morgan fingerprint density at radius 2 is 2.11 bits per heavy atom. The molecule has 1 aliphatic rings. The first-order valence-electron chi connectivity index (χ1n) is 6.11. The van der Waals surface area contributed by atoms with Crippen LogP contribution in [-0.2, 0) is 6.54 Å². The summed E-state index contributed by atoms with van der Waals surface area (Å²) in [4.78, 5) is 0. The lowest BCUT2D eigenvalue weighted by atomic mass is 10.1. The molecular weight excluding hydrogens is 266 g/mol. The van der Waals surface area contributed by atoms with Gasteiger partial charge < -0.3 is 4.57 Å². The maximum atomic E-state index is 5.91. The SMILES string of the molecule is CCn1c([C@H]2C[C@@H]2c2ccc(Cl)cc2)n[nH]c1=S. The van der Waals surface area contributed by atoms with Crippen LogP contribution in [0.1, 0.15) is 36.6 Å². The van der Waals surface area contributed by atoms with E-state index in [4.69, 9.17) is 23.8 Å². The molecular formula is C13H14ClN3S. The van der Waals surface area contributed by atoms with Gasteiger partial charge in [0.2, 0.25) is 0 Å². The zero-order valence-electron chi connectivity index (χ0n) is 10.1. The number of halogens is 1. The molecule has 1 heterocycles. The highest BCUT2D eigenvalue weighted by Gasteiger charge is 2.42. The molecule has 0 amide bonds. The Morgan fingerprint density at radius 1 is 1.39 bits per heavy atom. The number of nitrogens with one attached hydrogen (secondary N) is 1. The number of hydrogen-bond donors (Lipinski definition) is 1. The van der Waals surface area contributed by atoms with Gasteiger partial charge in [0, 0.05) is 17.5 Å². The minimum Gasteiger partial charge on any atom is -0.304 e. The van der Waals surface area contributed by atoms with Crippen LogP contribution in [0.25, 0.3) is 0 Å². The third-order valence-corrected chi connectivity index (χ3v) is 4.09. The van der Waals surface area contributed by atoms with Crippen molar-refractivity contribution in [2.75, 3.05) is 0 Å². The normalized spacial score (nSPS) is 22.1. The summed E-state index contributed by atoms with van der Waals surface area (Å²) in [6, 6.07) is 8.10. The van der Waals surface area contributed by atoms with E-state index in [1.165, 1.54) is 5.56 Å². The molecule has 0 bridgehead atoms. The highest BCUT2D eigenvalue weighted by Crippen LogP contribution is 2.54. The van der Waals surface area contributed by atoms with Gasteiger partial charge in [0.1, 0.15) is 5.82 Å². The fourth-order valence-electron chi connectivity index (χ4n) is 2.48. The Kier molecular flexibility index (Phi) is 2.99. The minimum atomic E-state index is 0.485. The molecule has 1 aliphatic carbocycles. The summed E-state index contributed by atoms with van der Waals surface area (Å²) in [6.45, 7) is 2.96. The first-order chi connectivity index (χ1) is 8.70. The van der Waals surface area contributed by atoms with Gasteiger partial charge in [-0.1, -0.05) is 23.7 Å². The van der Waals surface area contributed by atoms with E-state index in [9.17, 15) is 0 Å². The summed E-state index contributed by atoms with van der Waals surface area (Å²) >= 11 is 11.1. The number of hydrogen-bond acceptors (Lipinski definition) is 2. The van der Waals surface area contributed by atoms with Gasteiger partial charge in [0.25, 0.3) is 0 Å². The average molecular weight is 280 g/mol. The Morgan fingerprint density at radius 3 is 2.78 bits per heavy atom. The van der Waals surface area contributed by atoms with E-state index in [0.29, 0.717) is 16.6 Å². The maximum absolute atomic E-state index is 5.91. The number of aromatic nitrogens is 3. The topological polar surface area (TPSA) is 33.6 Å². The summed E-state index contributed by atoms with van der Waals surface area (Å²) in [5, 5.41) is 8.03. The molecule has 18 heavy (non-hydrogen) atoms. The van der Waals surface area contributed by atoms with E-state index < -0.39 is 0 Å². The highest BCUT2D eigenvalue weighted by atomic mass is 35.5. The summed E-state index contributed by atoms with van der Waals surface area (Å²) in [6.07, 6.45) is 1.14. The van der Waals surface area contributed by atoms with Gasteiger partial charge in [-0.2, -0.15) is 5.10 Å². The fourth-order valence-corrected chi connectivity index (χ4v) is 2.87. The molecule has 2 aromatic rings. The molecule has 1 saturated carbocycles. The van der Waals surface area contributed by atoms with Gasteiger partial charge in [0.05, 0.1) is 0 Å². The molecule has 94 valence electrons. The van der Waals surface area contributed by atoms with Gasteiger partial charge in [0.15, 0.2) is 4.77 Å². The summed E-state index contributed by atoms with van der Waals surface area (Å²) in [5.41, 5.74) is 1.33. The van der Waals surface area contributed by atoms with E-state index in [-0.39, 0.29) is 0 Å². The lowest BCUT2D eigenvalue weighted by Gasteiger charge is -2.03. The van der Waals surface area contributed by atoms with Crippen LogP contribution in [0.4, 0.5) is 0 Å². The molecule has 2 atom stereocenters. The van der Waals surface area contributed by atoms with Crippen molar-refractivity contribution in [1.82, 2.24) is 14.8 Å². The molecule has 1 aromatic heterocycles. The molecule has 1 N–H and O–H groups in total. The van der Waals surface area contributed by atoms with Crippen molar-refractivity contribution < 1.29 is 0 Å². The van der Waals surface area contributed by atoms with Crippen LogP contribution in [-0.4, -0.2) is 14.8 Å². The third kappa shape index (κ3) is 1.99. The lowest BCUT2D eigenvalue weighted by Crippen LogP contribution is -2.01. The Balaban J connectivity index is 1.85. The van der Waals surface area contributed by atoms with Crippen molar-refractivity contribution >= 4 is 23.8 Å². The molecule has 1 aromatic carbocycles. The molecule has 0 radical (unpaired) electrons. The van der Waals surface area contributed by atoms with Crippen molar-refractivity contribution in [3.8, 4) is 0 Å². The number of benzene rings is 1. The van der Waals surface area contributed by atoms with Crippen LogP contribution in [0.2, 0.25) is 5.02 Å².